The smallest absolute Gasteiger partial charge is 0.109 e. The van der Waals surface area contributed by atoms with Crippen molar-refractivity contribution in [3.05, 3.63) is 113 Å². The predicted molar refractivity (Wildman–Crippen MR) is 164 cm³/mol. The van der Waals surface area contributed by atoms with Crippen molar-refractivity contribution in [3.8, 4) is 11.1 Å². The Morgan fingerprint density at radius 1 is 0.737 bits per heavy atom. The molecule has 38 heavy (non-hydrogen) atoms. The summed E-state index contributed by atoms with van der Waals surface area (Å²) in [5.41, 5.74) is 9.72. The van der Waals surface area contributed by atoms with Crippen LogP contribution in [0.2, 0.25) is 0 Å². The van der Waals surface area contributed by atoms with Crippen LogP contribution in [0.25, 0.3) is 55.4 Å². The number of rotatable bonds is 3. The molecule has 5 aromatic rings. The van der Waals surface area contributed by atoms with Crippen molar-refractivity contribution in [2.24, 2.45) is 0 Å². The number of benzene rings is 4. The van der Waals surface area contributed by atoms with Crippen LogP contribution >= 0.6 is 7.14 Å². The van der Waals surface area contributed by atoms with E-state index in [9.17, 15) is 4.57 Å². The second-order valence-electron chi connectivity index (χ2n) is 10.9. The third-order valence-corrected chi connectivity index (χ3v) is 9.65. The molecule has 2 nitrogen and oxygen atoms in total. The molecule has 0 bridgehead atoms. The van der Waals surface area contributed by atoms with Crippen LogP contribution in [0.1, 0.15) is 36.0 Å². The summed E-state index contributed by atoms with van der Waals surface area (Å²) in [4.78, 5) is 5.33. The number of pyridine rings is 1. The normalized spacial score (nSPS) is 15.5. The Labute approximate surface area is 223 Å². The van der Waals surface area contributed by atoms with Crippen molar-refractivity contribution >= 4 is 51.4 Å². The zero-order valence-electron chi connectivity index (χ0n) is 21.9. The van der Waals surface area contributed by atoms with Gasteiger partial charge in [-0.15, -0.1) is 0 Å². The molecule has 7 rings (SSSR count). The number of allylic oxidation sites excluding steroid dienone is 5. The Morgan fingerprint density at radius 3 is 2.34 bits per heavy atom. The highest BCUT2D eigenvalue weighted by molar-refractivity contribution is 7.66. The van der Waals surface area contributed by atoms with Gasteiger partial charge in [0.05, 0.1) is 11.0 Å². The summed E-state index contributed by atoms with van der Waals surface area (Å²) in [7, 11) is -2.27. The van der Waals surface area contributed by atoms with Gasteiger partial charge in [-0.25, -0.2) is 4.98 Å². The van der Waals surface area contributed by atoms with E-state index >= 15 is 0 Å². The molecule has 4 aromatic carbocycles. The fourth-order valence-electron chi connectivity index (χ4n) is 6.10. The molecule has 1 heterocycles. The standard InChI is InChI=1S/C35H30NOP/c1-38(2,37)28-11-7-10-27(22-28)23-14-16-26(17-15-23)33-31-20-18-24-8-3-5-12-29(24)34(31)36-35-30-13-6-4-9-25(30)19-21-32(33)35/h3,5-6,8,11-22H,4,7,9-10H2,1-2H3. The molecule has 1 aromatic heterocycles. The maximum absolute atomic E-state index is 12.7. The summed E-state index contributed by atoms with van der Waals surface area (Å²) >= 11 is 0. The molecule has 0 fully saturated rings. The average molecular weight is 512 g/mol. The van der Waals surface area contributed by atoms with Crippen LogP contribution in [0.15, 0.2) is 96.3 Å². The summed E-state index contributed by atoms with van der Waals surface area (Å²) in [5, 5.41) is 5.79. The molecule has 0 saturated carbocycles. The molecule has 0 radical (unpaired) electrons. The van der Waals surface area contributed by atoms with Crippen molar-refractivity contribution in [1.29, 1.82) is 0 Å². The summed E-state index contributed by atoms with van der Waals surface area (Å²) in [6, 6.07) is 26.6. The number of fused-ring (bicyclic) bond motifs is 6. The Balaban J connectivity index is 1.46. The van der Waals surface area contributed by atoms with Crippen LogP contribution in [0, 0.1) is 0 Å². The maximum Gasteiger partial charge on any atom is 0.109 e. The molecule has 2 aliphatic carbocycles. The zero-order chi connectivity index (χ0) is 25.9. The first kappa shape index (κ1) is 23.4. The number of hydrogen-bond acceptors (Lipinski definition) is 2. The van der Waals surface area contributed by atoms with E-state index in [1.54, 1.807) is 0 Å². The van der Waals surface area contributed by atoms with E-state index in [-0.39, 0.29) is 0 Å². The number of aromatic nitrogens is 1. The topological polar surface area (TPSA) is 30.0 Å². The lowest BCUT2D eigenvalue weighted by molar-refractivity contribution is 0.586. The zero-order valence-corrected chi connectivity index (χ0v) is 22.8. The van der Waals surface area contributed by atoms with E-state index in [0.717, 1.165) is 42.0 Å². The Kier molecular flexibility index (Phi) is 5.49. The lowest BCUT2D eigenvalue weighted by Crippen LogP contribution is -1.99. The SMILES string of the molecule is CP(C)(=O)C1=CCCC(c2ccc(-c3c4ccc5c(c4nc4c3ccc3ccccc34)C=CCC5)cc2)=C1. The van der Waals surface area contributed by atoms with Gasteiger partial charge in [0.15, 0.2) is 0 Å². The van der Waals surface area contributed by atoms with Crippen molar-refractivity contribution in [2.75, 3.05) is 13.3 Å². The highest BCUT2D eigenvalue weighted by Crippen LogP contribution is 2.50. The van der Waals surface area contributed by atoms with Gasteiger partial charge in [-0.2, -0.15) is 0 Å². The third-order valence-electron chi connectivity index (χ3n) is 8.09. The van der Waals surface area contributed by atoms with Crippen molar-refractivity contribution in [1.82, 2.24) is 4.98 Å². The number of nitrogens with zero attached hydrogens (tertiary/aromatic N) is 1. The van der Waals surface area contributed by atoms with Crippen LogP contribution in [0.4, 0.5) is 0 Å². The first-order valence-corrected chi connectivity index (χ1v) is 16.1. The van der Waals surface area contributed by atoms with E-state index in [1.807, 2.05) is 13.3 Å². The van der Waals surface area contributed by atoms with Crippen molar-refractivity contribution < 1.29 is 4.57 Å². The second kappa shape index (κ2) is 8.93. The second-order valence-corrected chi connectivity index (χ2v) is 14.1. The minimum absolute atomic E-state index is 0.944. The molecule has 186 valence electrons. The molecule has 0 N–H and O–H groups in total. The van der Waals surface area contributed by atoms with Gasteiger partial charge < -0.3 is 4.57 Å². The Hall–Kier alpha value is -3.74. The Morgan fingerprint density at radius 2 is 1.50 bits per heavy atom. The molecule has 0 atom stereocenters. The average Bonchev–Trinajstić information content (AvgIpc) is 2.95. The van der Waals surface area contributed by atoms with Crippen LogP contribution in [-0.2, 0) is 11.0 Å². The van der Waals surface area contributed by atoms with Gasteiger partial charge in [-0.05, 0) is 72.7 Å². The van der Waals surface area contributed by atoms with Gasteiger partial charge in [0.1, 0.15) is 7.14 Å². The molecular formula is C35H30NOP. The molecule has 0 amide bonds. The minimum atomic E-state index is -2.27. The quantitative estimate of drug-likeness (QED) is 0.137. The van der Waals surface area contributed by atoms with E-state index in [1.165, 1.54) is 54.9 Å². The van der Waals surface area contributed by atoms with E-state index in [0.29, 0.717) is 0 Å². The molecule has 0 unspecified atom stereocenters. The van der Waals surface area contributed by atoms with Crippen LogP contribution in [0.5, 0.6) is 0 Å². The van der Waals surface area contributed by atoms with Crippen LogP contribution in [0.3, 0.4) is 0 Å². The highest BCUT2D eigenvalue weighted by atomic mass is 31.2. The van der Waals surface area contributed by atoms with Gasteiger partial charge >= 0.3 is 0 Å². The molecule has 0 saturated heterocycles. The largest absolute Gasteiger partial charge is 0.319 e. The lowest BCUT2D eigenvalue weighted by Gasteiger charge is -2.19. The Bertz CT molecular complexity index is 1900. The molecule has 3 heteroatoms. The number of aryl methyl sites for hydroxylation is 1. The van der Waals surface area contributed by atoms with E-state index in [4.69, 9.17) is 4.98 Å². The fourth-order valence-corrected chi connectivity index (χ4v) is 7.14. The summed E-state index contributed by atoms with van der Waals surface area (Å²) in [5.74, 6) is 0. The summed E-state index contributed by atoms with van der Waals surface area (Å²) < 4.78 is 12.7. The molecule has 2 aliphatic rings. The highest BCUT2D eigenvalue weighted by Gasteiger charge is 2.19. The minimum Gasteiger partial charge on any atom is -0.319 e. The fraction of sp³-hybridized carbons (Fsp3) is 0.171. The van der Waals surface area contributed by atoms with Crippen molar-refractivity contribution in [3.63, 3.8) is 0 Å². The van der Waals surface area contributed by atoms with Gasteiger partial charge in [0.2, 0.25) is 0 Å². The monoisotopic (exact) mass is 511 g/mol. The van der Waals surface area contributed by atoms with Gasteiger partial charge in [0.25, 0.3) is 0 Å². The first-order valence-electron chi connectivity index (χ1n) is 13.5. The van der Waals surface area contributed by atoms with E-state index < -0.39 is 7.14 Å². The van der Waals surface area contributed by atoms with Crippen molar-refractivity contribution in [2.45, 2.75) is 25.7 Å². The lowest BCUT2D eigenvalue weighted by atomic mass is 9.88. The molecular weight excluding hydrogens is 481 g/mol. The van der Waals surface area contributed by atoms with Gasteiger partial charge in [-0.1, -0.05) is 91.0 Å². The summed E-state index contributed by atoms with van der Waals surface area (Å²) in [6.07, 6.45) is 12.9. The molecule has 0 aliphatic heterocycles. The predicted octanol–water partition coefficient (Wildman–Crippen LogP) is 9.85. The van der Waals surface area contributed by atoms with E-state index in [2.05, 4.69) is 97.1 Å². The van der Waals surface area contributed by atoms with Gasteiger partial charge in [0, 0.05) is 32.6 Å². The third kappa shape index (κ3) is 3.87. The first-order chi connectivity index (χ1) is 18.5. The maximum atomic E-state index is 12.7. The van der Waals surface area contributed by atoms with Crippen LogP contribution < -0.4 is 0 Å². The van der Waals surface area contributed by atoms with Crippen LogP contribution in [-0.4, -0.2) is 18.3 Å². The molecule has 0 spiro atoms. The number of hydrogen-bond donors (Lipinski definition) is 0. The summed E-state index contributed by atoms with van der Waals surface area (Å²) in [6.45, 7) is 3.72. The van der Waals surface area contributed by atoms with Gasteiger partial charge in [-0.3, -0.25) is 0 Å².